The maximum absolute atomic E-state index is 14.0. The van der Waals surface area contributed by atoms with Crippen LogP contribution >= 0.6 is 11.3 Å². The molecule has 2 aromatic rings. The number of carboxylic acid groups (broad SMARTS) is 1. The lowest BCUT2D eigenvalue weighted by Gasteiger charge is -2.38. The molecule has 3 rings (SSSR count). The number of aromatic nitrogens is 1. The van der Waals surface area contributed by atoms with E-state index in [1.165, 1.54) is 11.3 Å². The second-order valence-corrected chi connectivity index (χ2v) is 14.9. The molecule has 0 spiro atoms. The van der Waals surface area contributed by atoms with Gasteiger partial charge in [0.05, 0.1) is 11.5 Å². The first-order valence-corrected chi connectivity index (χ1v) is 18.0. The molecule has 0 saturated carbocycles. The van der Waals surface area contributed by atoms with Gasteiger partial charge in [-0.3, -0.25) is 24.1 Å². The van der Waals surface area contributed by atoms with Gasteiger partial charge in [-0.05, 0) is 63.6 Å². The van der Waals surface area contributed by atoms with Gasteiger partial charge in [0.2, 0.25) is 11.8 Å². The zero-order chi connectivity index (χ0) is 35.8. The number of aliphatic hydroxyl groups is 1. The number of likely N-dealkylation sites (N-methyl/N-ethyl adjacent to an activating group) is 2. The quantitative estimate of drug-likeness (QED) is 0.190. The number of nitrogens with one attached hydrogen (secondary N) is 2. The Kier molecular flexibility index (Phi) is 14.1. The molecule has 1 aliphatic rings. The number of aliphatic carboxylic acids is 1. The topological polar surface area (TPSA) is 152 Å². The molecule has 1 aromatic carbocycles. The van der Waals surface area contributed by atoms with Gasteiger partial charge in [0.25, 0.3) is 5.91 Å². The van der Waals surface area contributed by atoms with Gasteiger partial charge in [-0.1, -0.05) is 71.4 Å². The van der Waals surface area contributed by atoms with Crippen LogP contribution in [0.3, 0.4) is 0 Å². The maximum atomic E-state index is 14.0. The Labute approximate surface area is 289 Å². The van der Waals surface area contributed by atoms with Crippen molar-refractivity contribution in [3.63, 3.8) is 0 Å². The first-order chi connectivity index (χ1) is 22.6. The average molecular weight is 686 g/mol. The summed E-state index contributed by atoms with van der Waals surface area (Å²) in [4.78, 5) is 60.4. The lowest BCUT2D eigenvalue weighted by atomic mass is 9.91. The Balaban J connectivity index is 1.72. The molecule has 0 radical (unpaired) electrons. The number of rotatable bonds is 17. The van der Waals surface area contributed by atoms with Gasteiger partial charge in [0.15, 0.2) is 0 Å². The van der Waals surface area contributed by atoms with E-state index < -0.39 is 41.5 Å². The zero-order valence-corrected chi connectivity index (χ0v) is 30.5. The monoisotopic (exact) mass is 685 g/mol. The highest BCUT2D eigenvalue weighted by Gasteiger charge is 2.43. The minimum absolute atomic E-state index is 0.0157. The number of nitrogens with zero attached hydrogens (tertiary/aromatic N) is 3. The Morgan fingerprint density at radius 3 is 2.31 bits per heavy atom. The average Bonchev–Trinajstić information content (AvgIpc) is 3.69. The summed E-state index contributed by atoms with van der Waals surface area (Å²) < 4.78 is 0. The van der Waals surface area contributed by atoms with Gasteiger partial charge in [0.1, 0.15) is 22.8 Å². The highest BCUT2D eigenvalue weighted by Crippen LogP contribution is 2.30. The second kappa shape index (κ2) is 17.3. The largest absolute Gasteiger partial charge is 0.481 e. The molecule has 2 heterocycles. The van der Waals surface area contributed by atoms with E-state index in [9.17, 15) is 29.4 Å². The van der Waals surface area contributed by atoms with Crippen molar-refractivity contribution in [3.05, 3.63) is 52.0 Å². The summed E-state index contributed by atoms with van der Waals surface area (Å²) in [5, 5.41) is 28.8. The summed E-state index contributed by atoms with van der Waals surface area (Å²) in [6.45, 7) is 12.3. The van der Waals surface area contributed by atoms with E-state index >= 15 is 0 Å². The van der Waals surface area contributed by atoms with Crippen molar-refractivity contribution in [1.29, 1.82) is 0 Å². The summed E-state index contributed by atoms with van der Waals surface area (Å²) in [6.07, 6.45) is 2.24. The number of thiazole rings is 1. The predicted octanol–water partition coefficient (Wildman–Crippen LogP) is 4.52. The summed E-state index contributed by atoms with van der Waals surface area (Å²) in [5.74, 6) is -2.48. The molecule has 7 atom stereocenters. The molecule has 3 amide bonds. The fraction of sp³-hybridized carbons (Fsp3) is 0.639. The van der Waals surface area contributed by atoms with E-state index in [4.69, 9.17) is 0 Å². The minimum atomic E-state index is -1.03. The van der Waals surface area contributed by atoms with Crippen molar-refractivity contribution in [2.24, 2.45) is 17.8 Å². The van der Waals surface area contributed by atoms with Crippen molar-refractivity contribution >= 4 is 35.0 Å². The third-order valence-corrected chi connectivity index (χ3v) is 11.0. The number of carbonyl (C=O) groups is 4. The number of carbonyl (C=O) groups excluding carboxylic acids is 3. The van der Waals surface area contributed by atoms with Crippen LogP contribution in [0, 0.1) is 17.8 Å². The van der Waals surface area contributed by atoms with Gasteiger partial charge in [0, 0.05) is 30.9 Å². The van der Waals surface area contributed by atoms with Crippen LogP contribution in [0.25, 0.3) is 0 Å². The molecule has 1 aromatic heterocycles. The summed E-state index contributed by atoms with van der Waals surface area (Å²) in [5.41, 5.74) is 0.456. The number of hydrogen-bond acceptors (Lipinski definition) is 8. The number of benzene rings is 1. The standard InChI is InChI=1S/C36H55N5O6S/c1-9-23(4)30(39-35(47)36(6)16-13-17-40(36)7)33(44)41(8)28(22(2)3)20-29(42)32-38-27(21-48-32)31(43)37-26(18-24(5)34(45)46)19-25-14-11-10-12-15-25/h10-12,14-15,21-24,26,28-30,42H,9,13,16-20H2,1-8H3,(H,37,43)(H,39,47)(H,45,46)/t23?,24?,26?,28?,29?,30?,36-/m1/s1. The van der Waals surface area contributed by atoms with E-state index in [0.717, 1.165) is 24.9 Å². The highest BCUT2D eigenvalue weighted by molar-refractivity contribution is 7.09. The van der Waals surface area contributed by atoms with Gasteiger partial charge in [-0.15, -0.1) is 11.3 Å². The van der Waals surface area contributed by atoms with Crippen molar-refractivity contribution in [3.8, 4) is 0 Å². The van der Waals surface area contributed by atoms with Gasteiger partial charge in [-0.25, -0.2) is 4.98 Å². The van der Waals surface area contributed by atoms with Crippen LogP contribution in [-0.2, 0) is 20.8 Å². The highest BCUT2D eigenvalue weighted by atomic mass is 32.1. The Morgan fingerprint density at radius 1 is 1.08 bits per heavy atom. The third kappa shape index (κ3) is 9.85. The molecular formula is C36H55N5O6S. The van der Waals surface area contributed by atoms with Crippen LogP contribution in [0.1, 0.15) is 101 Å². The van der Waals surface area contributed by atoms with Gasteiger partial charge < -0.3 is 25.7 Å². The Bertz CT molecular complexity index is 1390. The molecule has 1 saturated heterocycles. The molecule has 48 heavy (non-hydrogen) atoms. The normalized spacial score (nSPS) is 20.4. The predicted molar refractivity (Wildman–Crippen MR) is 188 cm³/mol. The first-order valence-electron chi connectivity index (χ1n) is 17.1. The summed E-state index contributed by atoms with van der Waals surface area (Å²) in [7, 11) is 3.65. The van der Waals surface area contributed by atoms with E-state index in [2.05, 4.69) is 15.6 Å². The molecular weight excluding hydrogens is 630 g/mol. The zero-order valence-electron chi connectivity index (χ0n) is 29.7. The van der Waals surface area contributed by atoms with E-state index in [-0.39, 0.29) is 48.2 Å². The lowest BCUT2D eigenvalue weighted by molar-refractivity contribution is -0.142. The smallest absolute Gasteiger partial charge is 0.306 e. The van der Waals surface area contributed by atoms with Gasteiger partial charge in [-0.2, -0.15) is 0 Å². The molecule has 11 nitrogen and oxygen atoms in total. The van der Waals surface area contributed by atoms with Crippen LogP contribution in [0.4, 0.5) is 0 Å². The fourth-order valence-corrected chi connectivity index (χ4v) is 7.17. The van der Waals surface area contributed by atoms with Crippen molar-refractivity contribution in [1.82, 2.24) is 25.4 Å². The Morgan fingerprint density at radius 2 is 1.75 bits per heavy atom. The fourth-order valence-electron chi connectivity index (χ4n) is 6.38. The Hall–Kier alpha value is -3.35. The number of likely N-dealkylation sites (tertiary alicyclic amines) is 1. The number of amides is 3. The summed E-state index contributed by atoms with van der Waals surface area (Å²) >= 11 is 1.17. The van der Waals surface area contributed by atoms with Crippen molar-refractivity contribution < 1.29 is 29.4 Å². The minimum Gasteiger partial charge on any atom is -0.481 e. The molecule has 0 bridgehead atoms. The van der Waals surface area contributed by atoms with Crippen molar-refractivity contribution in [2.45, 2.75) is 110 Å². The molecule has 12 heteroatoms. The molecule has 1 fully saturated rings. The maximum Gasteiger partial charge on any atom is 0.306 e. The molecule has 4 N–H and O–H groups in total. The molecule has 0 aliphatic carbocycles. The van der Waals surface area contributed by atoms with Crippen LogP contribution in [-0.4, -0.2) is 93.0 Å². The van der Waals surface area contributed by atoms with Crippen LogP contribution < -0.4 is 10.6 Å². The molecule has 6 unspecified atom stereocenters. The number of aliphatic hydroxyl groups excluding tert-OH is 1. The third-order valence-electron chi connectivity index (χ3n) is 10.1. The van der Waals surface area contributed by atoms with Crippen LogP contribution in [0.2, 0.25) is 0 Å². The van der Waals surface area contributed by atoms with E-state index in [1.807, 2.05) is 76.9 Å². The lowest BCUT2D eigenvalue weighted by Crippen LogP contribution is -2.60. The molecule has 266 valence electrons. The molecule has 1 aliphatic heterocycles. The van der Waals surface area contributed by atoms with E-state index in [0.29, 0.717) is 17.8 Å². The first kappa shape index (κ1) is 39.1. The van der Waals surface area contributed by atoms with E-state index in [1.54, 1.807) is 24.3 Å². The van der Waals surface area contributed by atoms with Crippen molar-refractivity contribution in [2.75, 3.05) is 20.6 Å². The number of hydrogen-bond donors (Lipinski definition) is 4. The number of carboxylic acids is 1. The van der Waals surface area contributed by atoms with Gasteiger partial charge >= 0.3 is 5.97 Å². The summed E-state index contributed by atoms with van der Waals surface area (Å²) in [6, 6.07) is 8.05. The second-order valence-electron chi connectivity index (χ2n) is 14.1. The SMILES string of the molecule is CCC(C)C(NC(=O)[C@@]1(C)CCCN1C)C(=O)N(C)C(CC(O)c1nc(C(=O)NC(Cc2ccccc2)CC(C)C(=O)O)cs1)C(C)C. The van der Waals surface area contributed by atoms with Crippen LogP contribution in [0.15, 0.2) is 35.7 Å². The van der Waals surface area contributed by atoms with Crippen LogP contribution in [0.5, 0.6) is 0 Å².